The fourth-order valence-corrected chi connectivity index (χ4v) is 1.46. The Bertz CT molecular complexity index is 372. The molecule has 0 radical (unpaired) electrons. The minimum Gasteiger partial charge on any atom is -0.504 e. The highest BCUT2D eigenvalue weighted by atomic mass is 79.9. The van der Waals surface area contributed by atoms with E-state index in [1.54, 1.807) is 12.1 Å². The fraction of sp³-hybridized carbons (Fsp3) is 0.300. The molecule has 1 aromatic carbocycles. The molecule has 70 valence electrons. The maximum Gasteiger partial charge on any atom is 0.234 e. The molecule has 0 aliphatic carbocycles. The molecule has 1 aromatic rings. The molecule has 0 bridgehead atoms. The Morgan fingerprint density at radius 2 is 2.00 bits per heavy atom. The van der Waals surface area contributed by atoms with Crippen LogP contribution in [-0.2, 0) is 0 Å². The van der Waals surface area contributed by atoms with Crippen molar-refractivity contribution in [3.8, 4) is 5.75 Å². The van der Waals surface area contributed by atoms with Crippen molar-refractivity contribution >= 4 is 15.9 Å². The molecule has 0 unspecified atom stereocenters. The van der Waals surface area contributed by atoms with Crippen molar-refractivity contribution in [1.29, 1.82) is 0 Å². The summed E-state index contributed by atoms with van der Waals surface area (Å²) < 4.78 is 0.402. The van der Waals surface area contributed by atoms with Crippen molar-refractivity contribution in [3.63, 3.8) is 0 Å². The Morgan fingerprint density at radius 1 is 1.38 bits per heavy atom. The van der Waals surface area contributed by atoms with Crippen LogP contribution in [0.15, 0.2) is 27.5 Å². The van der Waals surface area contributed by atoms with Gasteiger partial charge in [0.05, 0.1) is 4.47 Å². The maximum atomic E-state index is 11.2. The van der Waals surface area contributed by atoms with Gasteiger partial charge in [-0.05, 0) is 39.5 Å². The van der Waals surface area contributed by atoms with Gasteiger partial charge in [0.1, 0.15) is 0 Å². The highest BCUT2D eigenvalue weighted by Crippen LogP contribution is 2.17. The summed E-state index contributed by atoms with van der Waals surface area (Å²) in [5, 5.41) is 9.22. The van der Waals surface area contributed by atoms with Gasteiger partial charge < -0.3 is 5.11 Å². The summed E-state index contributed by atoms with van der Waals surface area (Å²) in [5.74, 6) is 0.112. The van der Waals surface area contributed by atoms with Gasteiger partial charge in [0.15, 0.2) is 5.75 Å². The number of hydrogen-bond acceptors (Lipinski definition) is 2. The summed E-state index contributed by atoms with van der Waals surface area (Å²) in [6.45, 7) is 4.06. The van der Waals surface area contributed by atoms with Crippen LogP contribution < -0.4 is 5.43 Å². The Hall–Kier alpha value is -0.830. The van der Waals surface area contributed by atoms with E-state index < -0.39 is 0 Å². The highest BCUT2D eigenvalue weighted by Gasteiger charge is 2.03. The van der Waals surface area contributed by atoms with Crippen LogP contribution in [0.4, 0.5) is 0 Å². The van der Waals surface area contributed by atoms with E-state index in [1.807, 2.05) is 13.8 Å². The molecule has 0 spiro atoms. The monoisotopic (exact) mass is 242 g/mol. The largest absolute Gasteiger partial charge is 0.504 e. The van der Waals surface area contributed by atoms with Gasteiger partial charge in [0.2, 0.25) is 5.43 Å². The van der Waals surface area contributed by atoms with Crippen LogP contribution in [-0.4, -0.2) is 5.11 Å². The summed E-state index contributed by atoms with van der Waals surface area (Å²) in [6, 6.07) is 4.93. The van der Waals surface area contributed by atoms with Crippen LogP contribution in [0.25, 0.3) is 0 Å². The molecule has 13 heavy (non-hydrogen) atoms. The molecule has 1 N–H and O–H groups in total. The molecule has 3 heteroatoms. The van der Waals surface area contributed by atoms with Gasteiger partial charge in [0, 0.05) is 0 Å². The first-order valence-electron chi connectivity index (χ1n) is 4.05. The summed E-state index contributed by atoms with van der Waals surface area (Å²) in [5.41, 5.74) is 0.649. The first kappa shape index (κ1) is 10.3. The minimum atomic E-state index is -0.369. The van der Waals surface area contributed by atoms with Gasteiger partial charge >= 0.3 is 0 Å². The van der Waals surface area contributed by atoms with Crippen molar-refractivity contribution in [1.82, 2.24) is 0 Å². The number of hydrogen-bond donors (Lipinski definition) is 1. The van der Waals surface area contributed by atoms with E-state index in [-0.39, 0.29) is 11.2 Å². The lowest BCUT2D eigenvalue weighted by atomic mass is 10.1. The second-order valence-electron chi connectivity index (χ2n) is 3.19. The molecular formula is C10H11BrO2. The molecule has 2 nitrogen and oxygen atoms in total. The van der Waals surface area contributed by atoms with E-state index >= 15 is 0 Å². The maximum absolute atomic E-state index is 11.2. The lowest BCUT2D eigenvalue weighted by Crippen LogP contribution is -1.96. The van der Waals surface area contributed by atoms with E-state index in [2.05, 4.69) is 15.9 Å². The summed E-state index contributed by atoms with van der Waals surface area (Å²) in [4.78, 5) is 11.2. The van der Waals surface area contributed by atoms with Crippen LogP contribution >= 0.6 is 15.9 Å². The zero-order valence-corrected chi connectivity index (χ0v) is 9.13. The molecule has 0 saturated heterocycles. The topological polar surface area (TPSA) is 37.3 Å². The molecule has 0 aliphatic heterocycles. The molecular weight excluding hydrogens is 232 g/mol. The highest BCUT2D eigenvalue weighted by molar-refractivity contribution is 9.10. The number of halogens is 1. The van der Waals surface area contributed by atoms with Crippen molar-refractivity contribution < 1.29 is 5.11 Å². The third-order valence-electron chi connectivity index (χ3n) is 1.84. The quantitative estimate of drug-likeness (QED) is 0.823. The smallest absolute Gasteiger partial charge is 0.234 e. The van der Waals surface area contributed by atoms with Crippen LogP contribution in [0.3, 0.4) is 0 Å². The van der Waals surface area contributed by atoms with Gasteiger partial charge in [-0.3, -0.25) is 4.79 Å². The normalized spacial score (nSPS) is 10.5. The molecule has 1 rings (SSSR count). The van der Waals surface area contributed by atoms with E-state index in [1.165, 1.54) is 6.07 Å². The van der Waals surface area contributed by atoms with E-state index in [0.717, 1.165) is 5.56 Å². The van der Waals surface area contributed by atoms with Gasteiger partial charge in [0.25, 0.3) is 0 Å². The summed E-state index contributed by atoms with van der Waals surface area (Å²) in [7, 11) is 0. The fourth-order valence-electron chi connectivity index (χ4n) is 0.992. The molecule has 0 atom stereocenters. The summed E-state index contributed by atoms with van der Waals surface area (Å²) >= 11 is 3.12. The lowest BCUT2D eigenvalue weighted by molar-refractivity contribution is 0.470. The Morgan fingerprint density at radius 3 is 2.54 bits per heavy atom. The standard InChI is InChI=1S/C10H11BrO2/c1-6(2)7-3-4-9(12)10(13)8(11)5-7/h3-6H,1-2H3,(H,12,13). The third-order valence-corrected chi connectivity index (χ3v) is 2.43. The Kier molecular flexibility index (Phi) is 3.09. The van der Waals surface area contributed by atoms with Gasteiger partial charge in [-0.2, -0.15) is 0 Å². The second-order valence-corrected chi connectivity index (χ2v) is 4.05. The predicted molar refractivity (Wildman–Crippen MR) is 56.2 cm³/mol. The third kappa shape index (κ3) is 2.31. The second kappa shape index (κ2) is 3.92. The molecule has 0 fully saturated rings. The number of aromatic hydroxyl groups is 1. The number of rotatable bonds is 1. The van der Waals surface area contributed by atoms with Crippen molar-refractivity contribution in [3.05, 3.63) is 38.5 Å². The minimum absolute atomic E-state index is 0.223. The van der Waals surface area contributed by atoms with Crippen molar-refractivity contribution in [2.45, 2.75) is 19.8 Å². The first-order chi connectivity index (χ1) is 6.02. The van der Waals surface area contributed by atoms with E-state index in [9.17, 15) is 9.90 Å². The molecule has 0 saturated carbocycles. The first-order valence-corrected chi connectivity index (χ1v) is 4.84. The van der Waals surface area contributed by atoms with E-state index in [4.69, 9.17) is 0 Å². The summed E-state index contributed by atoms with van der Waals surface area (Å²) in [6.07, 6.45) is 0. The Balaban J connectivity index is 3.43. The van der Waals surface area contributed by atoms with Crippen LogP contribution in [0.5, 0.6) is 5.75 Å². The van der Waals surface area contributed by atoms with Crippen LogP contribution in [0.2, 0.25) is 0 Å². The lowest BCUT2D eigenvalue weighted by Gasteiger charge is -2.00. The van der Waals surface area contributed by atoms with Crippen LogP contribution in [0.1, 0.15) is 25.3 Å². The molecule has 0 aromatic heterocycles. The zero-order chi connectivity index (χ0) is 10.0. The van der Waals surface area contributed by atoms with E-state index in [0.29, 0.717) is 10.4 Å². The average Bonchev–Trinajstić information content (AvgIpc) is 2.19. The van der Waals surface area contributed by atoms with Gasteiger partial charge in [-0.25, -0.2) is 0 Å². The zero-order valence-electron chi connectivity index (χ0n) is 7.54. The molecule has 0 amide bonds. The van der Waals surface area contributed by atoms with Crippen molar-refractivity contribution in [2.75, 3.05) is 0 Å². The van der Waals surface area contributed by atoms with Crippen molar-refractivity contribution in [2.24, 2.45) is 0 Å². The average molecular weight is 243 g/mol. The molecule has 0 aliphatic rings. The van der Waals surface area contributed by atoms with Gasteiger partial charge in [-0.15, -0.1) is 0 Å². The predicted octanol–water partition coefficient (Wildman–Crippen LogP) is 2.64. The molecule has 0 heterocycles. The van der Waals surface area contributed by atoms with Gasteiger partial charge in [-0.1, -0.05) is 19.9 Å². The SMILES string of the molecule is CC(C)c1ccc(O)c(=O)c(Br)c1. The Labute approximate surface area is 85.4 Å². The van der Waals surface area contributed by atoms with Crippen LogP contribution in [0, 0.1) is 0 Å².